The molecule has 6 nitrogen and oxygen atoms in total. The predicted molar refractivity (Wildman–Crippen MR) is 106 cm³/mol. The van der Waals surface area contributed by atoms with Gasteiger partial charge in [-0.3, -0.25) is 4.99 Å². The van der Waals surface area contributed by atoms with Crippen molar-refractivity contribution in [2.45, 2.75) is 25.6 Å². The number of halogens is 3. The van der Waals surface area contributed by atoms with Gasteiger partial charge in [0.15, 0.2) is 17.5 Å². The number of hydrogen-bond donors (Lipinski definition) is 2. The fourth-order valence-electron chi connectivity index (χ4n) is 2.56. The monoisotopic (exact) mass is 411 g/mol. The maximum Gasteiger partial charge on any atom is 0.573 e. The summed E-state index contributed by atoms with van der Waals surface area (Å²) in [5.74, 6) is 1.08. The number of anilines is 1. The molecule has 3 N–H and O–H groups in total. The first-order valence-corrected chi connectivity index (χ1v) is 8.69. The Balaban J connectivity index is 2.04. The van der Waals surface area contributed by atoms with Crippen molar-refractivity contribution in [2.75, 3.05) is 26.1 Å². The smallest absolute Gasteiger partial charge is 0.493 e. The van der Waals surface area contributed by atoms with Gasteiger partial charge < -0.3 is 25.3 Å². The Labute approximate surface area is 167 Å². The maximum atomic E-state index is 12.2. The average molecular weight is 411 g/mol. The number of benzene rings is 2. The van der Waals surface area contributed by atoms with Gasteiger partial charge in [0.05, 0.1) is 20.8 Å². The summed E-state index contributed by atoms with van der Waals surface area (Å²) in [7, 11) is 3.14. The van der Waals surface area contributed by atoms with Gasteiger partial charge in [-0.1, -0.05) is 19.9 Å². The molecule has 0 radical (unpaired) electrons. The molecule has 0 unspecified atom stereocenters. The zero-order valence-electron chi connectivity index (χ0n) is 16.6. The van der Waals surface area contributed by atoms with Crippen LogP contribution in [-0.4, -0.2) is 33.1 Å². The summed E-state index contributed by atoms with van der Waals surface area (Å²) in [6, 6.07) is 10.9. The normalized spacial score (nSPS) is 12.4. The van der Waals surface area contributed by atoms with Crippen molar-refractivity contribution in [1.29, 1.82) is 0 Å². The van der Waals surface area contributed by atoms with Crippen molar-refractivity contribution < 1.29 is 27.4 Å². The van der Waals surface area contributed by atoms with Crippen LogP contribution in [-0.2, 0) is 5.41 Å². The Bertz CT molecular complexity index is 850. The molecule has 0 aliphatic carbocycles. The standard InChI is InChI=1S/C20H24F3N3O3/c1-19(2,13-5-10-16(27-3)17(11-13)28-4)12-25-18(24)26-14-6-8-15(9-7-14)29-20(21,22)23/h5-11H,12H2,1-4H3,(H3,24,25,26). The Hall–Kier alpha value is -3.10. The van der Waals surface area contributed by atoms with Crippen LogP contribution in [0.25, 0.3) is 0 Å². The van der Waals surface area contributed by atoms with Crippen LogP contribution >= 0.6 is 0 Å². The van der Waals surface area contributed by atoms with Gasteiger partial charge in [-0.2, -0.15) is 0 Å². The molecule has 0 atom stereocenters. The highest BCUT2D eigenvalue weighted by molar-refractivity contribution is 5.92. The van der Waals surface area contributed by atoms with E-state index in [4.69, 9.17) is 15.2 Å². The van der Waals surface area contributed by atoms with Crippen molar-refractivity contribution >= 4 is 11.6 Å². The second-order valence-corrected chi connectivity index (χ2v) is 6.85. The van der Waals surface area contributed by atoms with Gasteiger partial charge >= 0.3 is 6.36 Å². The van der Waals surface area contributed by atoms with Crippen molar-refractivity contribution in [1.82, 2.24) is 0 Å². The number of nitrogens with two attached hydrogens (primary N) is 1. The molecular weight excluding hydrogens is 387 g/mol. The average Bonchev–Trinajstić information content (AvgIpc) is 2.66. The molecule has 0 saturated heterocycles. The van der Waals surface area contributed by atoms with Gasteiger partial charge in [-0.15, -0.1) is 13.2 Å². The fourth-order valence-corrected chi connectivity index (χ4v) is 2.56. The molecule has 0 aliphatic rings. The summed E-state index contributed by atoms with van der Waals surface area (Å²) in [4.78, 5) is 4.35. The fraction of sp³-hybridized carbons (Fsp3) is 0.350. The molecule has 0 aliphatic heterocycles. The highest BCUT2D eigenvalue weighted by Crippen LogP contribution is 2.33. The van der Waals surface area contributed by atoms with Crippen LogP contribution in [0.2, 0.25) is 0 Å². The van der Waals surface area contributed by atoms with E-state index in [1.54, 1.807) is 14.2 Å². The van der Waals surface area contributed by atoms with Gasteiger partial charge in [-0.05, 0) is 42.0 Å². The second kappa shape index (κ2) is 8.93. The number of hydrogen-bond acceptors (Lipinski definition) is 4. The van der Waals surface area contributed by atoms with Crippen LogP contribution in [0.5, 0.6) is 17.2 Å². The van der Waals surface area contributed by atoms with Gasteiger partial charge in [0.25, 0.3) is 0 Å². The third kappa shape index (κ3) is 6.48. The minimum absolute atomic E-state index is 0.142. The number of methoxy groups -OCH3 is 2. The van der Waals surface area contributed by atoms with E-state index in [9.17, 15) is 13.2 Å². The SMILES string of the molecule is COc1ccc(C(C)(C)CN=C(N)Nc2ccc(OC(F)(F)F)cc2)cc1OC. The van der Waals surface area contributed by atoms with Gasteiger partial charge in [0.1, 0.15) is 5.75 Å². The number of alkyl halides is 3. The molecule has 0 fully saturated rings. The van der Waals surface area contributed by atoms with Crippen molar-refractivity contribution in [3.63, 3.8) is 0 Å². The lowest BCUT2D eigenvalue weighted by Gasteiger charge is -2.24. The summed E-state index contributed by atoms with van der Waals surface area (Å²) in [6.07, 6.45) is -4.73. The molecular formula is C20H24F3N3O3. The van der Waals surface area contributed by atoms with E-state index in [1.165, 1.54) is 24.3 Å². The zero-order chi connectivity index (χ0) is 21.7. The molecule has 29 heavy (non-hydrogen) atoms. The number of aliphatic imine (C=N–C) groups is 1. The Kier molecular flexibility index (Phi) is 6.84. The van der Waals surface area contributed by atoms with Gasteiger partial charge in [-0.25, -0.2) is 0 Å². The highest BCUT2D eigenvalue weighted by Gasteiger charge is 2.31. The third-order valence-electron chi connectivity index (χ3n) is 4.17. The minimum atomic E-state index is -4.73. The van der Waals surface area contributed by atoms with Crippen LogP contribution in [0.4, 0.5) is 18.9 Å². The van der Waals surface area contributed by atoms with E-state index >= 15 is 0 Å². The third-order valence-corrected chi connectivity index (χ3v) is 4.17. The van der Waals surface area contributed by atoms with Gasteiger partial charge in [0, 0.05) is 11.1 Å². The summed E-state index contributed by atoms with van der Waals surface area (Å²) < 4.78 is 51.0. The molecule has 0 aromatic heterocycles. The highest BCUT2D eigenvalue weighted by atomic mass is 19.4. The van der Waals surface area contributed by atoms with Crippen LogP contribution < -0.4 is 25.3 Å². The summed E-state index contributed by atoms with van der Waals surface area (Å²) >= 11 is 0. The van der Waals surface area contributed by atoms with E-state index in [0.717, 1.165) is 5.56 Å². The molecule has 0 spiro atoms. The molecule has 2 rings (SSSR count). The largest absolute Gasteiger partial charge is 0.573 e. The first-order valence-electron chi connectivity index (χ1n) is 8.69. The van der Waals surface area contributed by atoms with Gasteiger partial charge in [0.2, 0.25) is 0 Å². The summed E-state index contributed by atoms with van der Waals surface area (Å²) in [6.45, 7) is 4.39. The maximum absolute atomic E-state index is 12.2. The number of nitrogens with zero attached hydrogens (tertiary/aromatic N) is 1. The minimum Gasteiger partial charge on any atom is -0.493 e. The molecule has 9 heteroatoms. The Morgan fingerprint density at radius 1 is 1.00 bits per heavy atom. The van der Waals surface area contributed by atoms with Crippen LogP contribution in [0.3, 0.4) is 0 Å². The molecule has 0 saturated carbocycles. The topological polar surface area (TPSA) is 78.1 Å². The van der Waals surface area contributed by atoms with Crippen molar-refractivity contribution in [3.05, 3.63) is 48.0 Å². The second-order valence-electron chi connectivity index (χ2n) is 6.85. The van der Waals surface area contributed by atoms with E-state index < -0.39 is 6.36 Å². The lowest BCUT2D eigenvalue weighted by atomic mass is 9.84. The lowest BCUT2D eigenvalue weighted by Crippen LogP contribution is -2.27. The molecule has 158 valence electrons. The van der Waals surface area contributed by atoms with E-state index in [0.29, 0.717) is 23.7 Å². The van der Waals surface area contributed by atoms with Crippen LogP contribution in [0, 0.1) is 0 Å². The number of ether oxygens (including phenoxy) is 3. The summed E-state index contributed by atoms with van der Waals surface area (Å²) in [5, 5.41) is 2.84. The quantitative estimate of drug-likeness (QED) is 0.525. The molecule has 2 aromatic rings. The van der Waals surface area contributed by atoms with E-state index in [2.05, 4.69) is 15.0 Å². The van der Waals surface area contributed by atoms with E-state index in [-0.39, 0.29) is 17.1 Å². The number of rotatable bonds is 7. The zero-order valence-corrected chi connectivity index (χ0v) is 16.6. The van der Waals surface area contributed by atoms with E-state index in [1.807, 2.05) is 32.0 Å². The van der Waals surface area contributed by atoms with Crippen LogP contribution in [0.1, 0.15) is 19.4 Å². The number of nitrogens with one attached hydrogen (secondary N) is 1. The Morgan fingerprint density at radius 2 is 1.62 bits per heavy atom. The van der Waals surface area contributed by atoms with Crippen LogP contribution in [0.15, 0.2) is 47.5 Å². The molecule has 0 heterocycles. The number of guanidine groups is 1. The Morgan fingerprint density at radius 3 is 2.17 bits per heavy atom. The van der Waals surface area contributed by atoms with Crippen molar-refractivity contribution in [2.24, 2.45) is 10.7 Å². The predicted octanol–water partition coefficient (Wildman–Crippen LogP) is 4.31. The first kappa shape index (κ1) is 22.2. The molecule has 0 bridgehead atoms. The summed E-state index contributed by atoms with van der Waals surface area (Å²) in [5.41, 5.74) is 7.04. The van der Waals surface area contributed by atoms with Crippen molar-refractivity contribution in [3.8, 4) is 17.2 Å². The molecule has 2 aromatic carbocycles. The molecule has 0 amide bonds. The first-order chi connectivity index (χ1) is 13.5. The lowest BCUT2D eigenvalue weighted by molar-refractivity contribution is -0.274.